The molecule has 0 atom stereocenters. The van der Waals surface area contributed by atoms with Gasteiger partial charge in [0.25, 0.3) is 0 Å². The van der Waals surface area contributed by atoms with Gasteiger partial charge in [0.15, 0.2) is 5.82 Å². The van der Waals surface area contributed by atoms with Crippen LogP contribution in [0, 0.1) is 11.3 Å². The van der Waals surface area contributed by atoms with Gasteiger partial charge in [-0.05, 0) is 50.0 Å². The van der Waals surface area contributed by atoms with Crippen molar-refractivity contribution in [1.29, 1.82) is 5.26 Å². The van der Waals surface area contributed by atoms with Crippen molar-refractivity contribution in [3.8, 4) is 11.8 Å². The number of rotatable bonds is 9. The number of aromatic nitrogens is 3. The molecule has 2 aromatic rings. The maximum atomic E-state index is 8.71. The fourth-order valence-electron chi connectivity index (χ4n) is 3.31. The summed E-state index contributed by atoms with van der Waals surface area (Å²) in [5.74, 6) is 2.16. The Bertz CT molecular complexity index is 760. The van der Waals surface area contributed by atoms with E-state index in [0.29, 0.717) is 18.4 Å². The van der Waals surface area contributed by atoms with Gasteiger partial charge in [0.1, 0.15) is 5.75 Å². The van der Waals surface area contributed by atoms with Crippen LogP contribution in [0.4, 0.5) is 5.95 Å². The van der Waals surface area contributed by atoms with Crippen molar-refractivity contribution in [1.82, 2.24) is 19.7 Å². The van der Waals surface area contributed by atoms with Crippen LogP contribution >= 0.6 is 0 Å². The Morgan fingerprint density at radius 1 is 1.26 bits per heavy atom. The van der Waals surface area contributed by atoms with Gasteiger partial charge in [-0.1, -0.05) is 18.6 Å². The average molecular weight is 368 g/mol. The van der Waals surface area contributed by atoms with Gasteiger partial charge in [0.05, 0.1) is 19.1 Å². The van der Waals surface area contributed by atoms with Gasteiger partial charge in [-0.2, -0.15) is 15.3 Å². The molecule has 0 saturated carbocycles. The molecule has 0 amide bonds. The monoisotopic (exact) mass is 368 g/mol. The molecule has 144 valence electrons. The molecular formula is C20H28N6O. The number of nitrogens with zero attached hydrogens (tertiary/aromatic N) is 5. The number of hydrogen-bond acceptors (Lipinski definition) is 6. The first-order chi connectivity index (χ1) is 13.2. The van der Waals surface area contributed by atoms with E-state index in [4.69, 9.17) is 10.00 Å². The molecule has 1 fully saturated rings. The molecule has 1 aliphatic rings. The van der Waals surface area contributed by atoms with E-state index in [1.807, 2.05) is 13.1 Å². The summed E-state index contributed by atoms with van der Waals surface area (Å²) in [6.07, 6.45) is 5.07. The molecule has 1 saturated heterocycles. The lowest BCUT2D eigenvalue weighted by Crippen LogP contribution is -2.29. The first-order valence-electron chi connectivity index (χ1n) is 9.69. The normalized spacial score (nSPS) is 14.7. The zero-order valence-electron chi connectivity index (χ0n) is 16.0. The fraction of sp³-hybridized carbons (Fsp3) is 0.550. The number of nitrogens with one attached hydrogen (secondary N) is 1. The second kappa shape index (κ2) is 9.93. The third-order valence-corrected chi connectivity index (χ3v) is 4.67. The summed E-state index contributed by atoms with van der Waals surface area (Å²) in [6, 6.07) is 10.5. The molecule has 0 spiro atoms. The van der Waals surface area contributed by atoms with Gasteiger partial charge in [0.2, 0.25) is 5.95 Å². The summed E-state index contributed by atoms with van der Waals surface area (Å²) in [4.78, 5) is 6.82. The van der Waals surface area contributed by atoms with Crippen molar-refractivity contribution >= 4 is 5.95 Å². The van der Waals surface area contributed by atoms with E-state index in [9.17, 15) is 0 Å². The summed E-state index contributed by atoms with van der Waals surface area (Å²) >= 11 is 0. The van der Waals surface area contributed by atoms with Crippen LogP contribution in [0.15, 0.2) is 24.3 Å². The van der Waals surface area contributed by atoms with E-state index in [-0.39, 0.29) is 6.42 Å². The third kappa shape index (κ3) is 5.97. The number of anilines is 1. The Balaban J connectivity index is 1.39. The summed E-state index contributed by atoms with van der Waals surface area (Å²) < 4.78 is 7.57. The van der Waals surface area contributed by atoms with E-state index >= 15 is 0 Å². The molecule has 0 radical (unpaired) electrons. The van der Waals surface area contributed by atoms with Crippen molar-refractivity contribution in [3.05, 3.63) is 35.7 Å². The van der Waals surface area contributed by atoms with Gasteiger partial charge in [-0.3, -0.25) is 4.90 Å². The van der Waals surface area contributed by atoms with Gasteiger partial charge in [-0.25, -0.2) is 4.68 Å². The molecule has 27 heavy (non-hydrogen) atoms. The molecule has 1 aromatic heterocycles. The average Bonchev–Trinajstić information content (AvgIpc) is 3.02. The predicted octanol–water partition coefficient (Wildman–Crippen LogP) is 2.75. The highest BCUT2D eigenvalue weighted by Gasteiger charge is 2.10. The lowest BCUT2D eigenvalue weighted by atomic mass is 10.1. The Morgan fingerprint density at radius 3 is 2.93 bits per heavy atom. The number of aryl methyl sites for hydroxylation is 1. The number of nitriles is 1. The first-order valence-corrected chi connectivity index (χ1v) is 9.69. The SMILES string of the molecule is Cn1nc(CC#N)nc1NCCCOc1cccc(CN2CCCCC2)c1. The fourth-order valence-corrected chi connectivity index (χ4v) is 3.31. The van der Waals surface area contributed by atoms with Gasteiger partial charge < -0.3 is 10.1 Å². The summed E-state index contributed by atoms with van der Waals surface area (Å²) in [6.45, 7) is 4.80. The van der Waals surface area contributed by atoms with Crippen LogP contribution in [0.2, 0.25) is 0 Å². The zero-order valence-corrected chi connectivity index (χ0v) is 16.0. The van der Waals surface area contributed by atoms with Crippen LogP contribution in [-0.4, -0.2) is 45.9 Å². The van der Waals surface area contributed by atoms with E-state index < -0.39 is 0 Å². The smallest absolute Gasteiger partial charge is 0.221 e. The standard InChI is InChI=1S/C20H28N6O/c1-25-20(23-19(24-25)9-10-21)22-11-6-14-27-18-8-5-7-17(15-18)16-26-12-3-2-4-13-26/h5,7-8,15H,2-4,6,9,11-14,16H2,1H3,(H,22,23,24). The lowest BCUT2D eigenvalue weighted by Gasteiger charge is -2.26. The molecule has 1 aromatic carbocycles. The van der Waals surface area contributed by atoms with Crippen molar-refractivity contribution in [2.24, 2.45) is 7.05 Å². The molecule has 7 nitrogen and oxygen atoms in total. The highest BCUT2D eigenvalue weighted by molar-refractivity contribution is 5.28. The van der Waals surface area contributed by atoms with Crippen molar-refractivity contribution in [3.63, 3.8) is 0 Å². The number of ether oxygens (including phenoxy) is 1. The molecule has 2 heterocycles. The van der Waals surface area contributed by atoms with E-state index in [1.165, 1.54) is 37.9 Å². The quantitative estimate of drug-likeness (QED) is 0.686. The van der Waals surface area contributed by atoms with Crippen molar-refractivity contribution in [2.75, 3.05) is 31.6 Å². The van der Waals surface area contributed by atoms with Crippen LogP contribution in [0.25, 0.3) is 0 Å². The van der Waals surface area contributed by atoms with Crippen LogP contribution in [-0.2, 0) is 20.0 Å². The highest BCUT2D eigenvalue weighted by atomic mass is 16.5. The first kappa shape index (κ1) is 19.2. The Labute approximate surface area is 161 Å². The minimum Gasteiger partial charge on any atom is -0.494 e. The summed E-state index contributed by atoms with van der Waals surface area (Å²) in [5.41, 5.74) is 1.32. The van der Waals surface area contributed by atoms with Crippen LogP contribution in [0.3, 0.4) is 0 Å². The van der Waals surface area contributed by atoms with Crippen LogP contribution in [0.1, 0.15) is 37.1 Å². The van der Waals surface area contributed by atoms with Gasteiger partial charge >= 0.3 is 0 Å². The second-order valence-corrected chi connectivity index (χ2v) is 6.92. The minimum atomic E-state index is 0.229. The summed E-state index contributed by atoms with van der Waals surface area (Å²) in [7, 11) is 1.82. The molecule has 0 bridgehead atoms. The maximum absolute atomic E-state index is 8.71. The molecule has 0 unspecified atom stereocenters. The topological polar surface area (TPSA) is 79.0 Å². The van der Waals surface area contributed by atoms with Crippen LogP contribution < -0.4 is 10.1 Å². The Hall–Kier alpha value is -2.59. The minimum absolute atomic E-state index is 0.229. The molecule has 1 aliphatic heterocycles. The number of likely N-dealkylation sites (tertiary alicyclic amines) is 1. The molecule has 0 aliphatic carbocycles. The zero-order chi connectivity index (χ0) is 18.9. The summed E-state index contributed by atoms with van der Waals surface area (Å²) in [5, 5.41) is 16.1. The molecule has 3 rings (SSSR count). The molecular weight excluding hydrogens is 340 g/mol. The third-order valence-electron chi connectivity index (χ3n) is 4.67. The van der Waals surface area contributed by atoms with Crippen LogP contribution in [0.5, 0.6) is 5.75 Å². The van der Waals surface area contributed by atoms with Crippen molar-refractivity contribution in [2.45, 2.75) is 38.6 Å². The predicted molar refractivity (Wildman–Crippen MR) is 104 cm³/mol. The Kier molecular flexibility index (Phi) is 7.05. The molecule has 1 N–H and O–H groups in total. The lowest BCUT2D eigenvalue weighted by molar-refractivity contribution is 0.220. The van der Waals surface area contributed by atoms with E-state index in [0.717, 1.165) is 25.3 Å². The van der Waals surface area contributed by atoms with E-state index in [2.05, 4.69) is 44.6 Å². The Morgan fingerprint density at radius 2 is 2.11 bits per heavy atom. The second-order valence-electron chi connectivity index (χ2n) is 6.92. The largest absolute Gasteiger partial charge is 0.494 e. The van der Waals surface area contributed by atoms with E-state index in [1.54, 1.807) is 4.68 Å². The number of benzene rings is 1. The molecule has 7 heteroatoms. The maximum Gasteiger partial charge on any atom is 0.221 e. The van der Waals surface area contributed by atoms with Crippen molar-refractivity contribution < 1.29 is 4.74 Å². The number of piperidine rings is 1. The van der Waals surface area contributed by atoms with Gasteiger partial charge in [0, 0.05) is 20.1 Å². The number of hydrogen-bond donors (Lipinski definition) is 1. The highest BCUT2D eigenvalue weighted by Crippen LogP contribution is 2.17. The van der Waals surface area contributed by atoms with Gasteiger partial charge in [-0.15, -0.1) is 0 Å².